The van der Waals surface area contributed by atoms with Gasteiger partial charge in [0.25, 0.3) is 11.5 Å². The van der Waals surface area contributed by atoms with Gasteiger partial charge in [-0.2, -0.15) is 0 Å². The first-order valence-electron chi connectivity index (χ1n) is 17.0. The van der Waals surface area contributed by atoms with Crippen molar-refractivity contribution in [2.45, 2.75) is 57.4 Å². The fraction of sp³-hybridized carbons (Fsp3) is 0.308. The number of nitrogens with one attached hydrogen (secondary N) is 2. The number of anilines is 2. The normalized spacial score (nSPS) is 16.9. The average Bonchev–Trinajstić information content (AvgIpc) is 3.58. The maximum atomic E-state index is 14.1. The summed E-state index contributed by atoms with van der Waals surface area (Å²) in [6.07, 6.45) is 5.39. The number of hydrogen-bond acceptors (Lipinski definition) is 5. The summed E-state index contributed by atoms with van der Waals surface area (Å²) in [7, 11) is 3.77. The van der Waals surface area contributed by atoms with E-state index in [4.69, 9.17) is 23.2 Å². The summed E-state index contributed by atoms with van der Waals surface area (Å²) in [6, 6.07) is 23.6. The highest BCUT2D eigenvalue weighted by molar-refractivity contribution is 7.17. The minimum Gasteiger partial charge on any atom is -0.316 e. The van der Waals surface area contributed by atoms with Crippen molar-refractivity contribution in [2.75, 3.05) is 24.2 Å². The summed E-state index contributed by atoms with van der Waals surface area (Å²) in [5, 5.41) is 7.67. The van der Waals surface area contributed by atoms with Crippen LogP contribution >= 0.6 is 34.5 Å². The Hall–Kier alpha value is -4.15. The lowest BCUT2D eigenvalue weighted by Gasteiger charge is -2.37. The highest BCUT2D eigenvalue weighted by Crippen LogP contribution is 2.44. The topological polar surface area (TPSA) is 88.4 Å². The predicted molar refractivity (Wildman–Crippen MR) is 203 cm³/mol. The summed E-state index contributed by atoms with van der Waals surface area (Å²) >= 11 is 14.1. The van der Waals surface area contributed by atoms with Crippen LogP contribution in [0.4, 0.5) is 10.7 Å². The molecule has 8 nitrogen and oxygen atoms in total. The molecule has 2 aromatic heterocycles. The molecule has 3 aromatic carbocycles. The molecular weight excluding hydrogens is 689 g/mol. The van der Waals surface area contributed by atoms with Gasteiger partial charge in [-0.1, -0.05) is 71.7 Å². The van der Waals surface area contributed by atoms with Gasteiger partial charge in [-0.15, -0.1) is 11.3 Å². The molecule has 50 heavy (non-hydrogen) atoms. The van der Waals surface area contributed by atoms with Crippen LogP contribution in [-0.2, 0) is 24.7 Å². The Morgan fingerprint density at radius 3 is 2.40 bits per heavy atom. The number of halogens is 2. The molecule has 0 bridgehead atoms. The Kier molecular flexibility index (Phi) is 9.76. The predicted octanol–water partition coefficient (Wildman–Crippen LogP) is 8.52. The van der Waals surface area contributed by atoms with Crippen molar-refractivity contribution in [2.24, 2.45) is 7.05 Å². The molecule has 258 valence electrons. The Bertz CT molecular complexity index is 2150. The minimum atomic E-state index is -0.381. The van der Waals surface area contributed by atoms with Gasteiger partial charge in [0, 0.05) is 23.9 Å². The molecule has 2 N–H and O–H groups in total. The molecule has 7 rings (SSSR count). The Balaban J connectivity index is 1.11. The van der Waals surface area contributed by atoms with Gasteiger partial charge in [0.1, 0.15) is 10.7 Å². The van der Waals surface area contributed by atoms with E-state index in [9.17, 15) is 14.4 Å². The number of amides is 2. The SMILES string of the molecule is Cc1c(NC(=O)c2c(NC(=O)CN(C)[C@H]3CC[C@@H](c4ccc(Cl)c(Cl)c4)c4ccccc43)sc3c2CCCC3)c(=O)n(-c2ccccc2)n1C. The largest absolute Gasteiger partial charge is 0.316 e. The molecular formula is C39H39Cl2N5O3S. The van der Waals surface area contributed by atoms with Crippen LogP contribution in [0.2, 0.25) is 10.0 Å². The number of thiophene rings is 1. The molecule has 0 fully saturated rings. The molecule has 2 heterocycles. The van der Waals surface area contributed by atoms with Crippen molar-refractivity contribution >= 4 is 57.0 Å². The van der Waals surface area contributed by atoms with Gasteiger partial charge < -0.3 is 10.6 Å². The maximum Gasteiger partial charge on any atom is 0.295 e. The lowest BCUT2D eigenvalue weighted by atomic mass is 9.76. The van der Waals surface area contributed by atoms with Gasteiger partial charge in [0.15, 0.2) is 0 Å². The lowest BCUT2D eigenvalue weighted by molar-refractivity contribution is -0.117. The summed E-state index contributed by atoms with van der Waals surface area (Å²) in [5.74, 6) is -0.386. The third-order valence-corrected chi connectivity index (χ3v) is 12.1. The number of nitrogens with zero attached hydrogens (tertiary/aromatic N) is 3. The number of rotatable bonds is 8. The summed E-state index contributed by atoms with van der Waals surface area (Å²) in [5.41, 5.74) is 6.23. The number of carbonyl (C=O) groups is 2. The molecule has 0 radical (unpaired) electrons. The Labute approximate surface area is 305 Å². The van der Waals surface area contributed by atoms with Crippen LogP contribution in [0.3, 0.4) is 0 Å². The second-order valence-electron chi connectivity index (χ2n) is 13.2. The number of aromatic nitrogens is 2. The average molecular weight is 729 g/mol. The van der Waals surface area contributed by atoms with E-state index in [1.54, 1.807) is 16.4 Å². The van der Waals surface area contributed by atoms with Crippen LogP contribution < -0.4 is 16.2 Å². The first-order valence-corrected chi connectivity index (χ1v) is 18.5. The van der Waals surface area contributed by atoms with Gasteiger partial charge in [-0.05, 0) is 99.0 Å². The number of fused-ring (bicyclic) bond motifs is 2. The molecule has 2 amide bonds. The number of benzene rings is 3. The van der Waals surface area contributed by atoms with E-state index in [1.165, 1.54) is 22.5 Å². The van der Waals surface area contributed by atoms with Crippen LogP contribution in [0.15, 0.2) is 77.6 Å². The van der Waals surface area contributed by atoms with Crippen molar-refractivity contribution in [3.63, 3.8) is 0 Å². The van der Waals surface area contributed by atoms with Gasteiger partial charge in [-0.25, -0.2) is 4.68 Å². The molecule has 11 heteroatoms. The zero-order chi connectivity index (χ0) is 35.1. The standard InChI is InChI=1S/C39H39Cl2N5O3S/c1-23-36(39(49)46(45(23)3)25-11-5-4-6-12-25)43-37(48)35-29-15-9-10-16-33(29)50-38(35)42-34(47)22-44(2)32-20-18-26(27-13-7-8-14-28(27)32)24-17-19-30(40)31(41)21-24/h4-8,11-14,17,19,21,26,32H,9-10,15-16,18,20,22H2,1-3H3,(H,42,47)(H,43,48)/t26-,32-/m0/s1. The van der Waals surface area contributed by atoms with Crippen molar-refractivity contribution in [1.82, 2.24) is 14.3 Å². The highest BCUT2D eigenvalue weighted by atomic mass is 35.5. The quantitative estimate of drug-likeness (QED) is 0.168. The molecule has 5 aromatic rings. The first kappa shape index (κ1) is 34.3. The van der Waals surface area contributed by atoms with E-state index in [-0.39, 0.29) is 41.6 Å². The monoisotopic (exact) mass is 727 g/mol. The van der Waals surface area contributed by atoms with Gasteiger partial charge in [0.05, 0.1) is 33.5 Å². The molecule has 0 aliphatic heterocycles. The molecule has 0 saturated heterocycles. The van der Waals surface area contributed by atoms with E-state index < -0.39 is 0 Å². The zero-order valence-corrected chi connectivity index (χ0v) is 30.6. The van der Waals surface area contributed by atoms with Crippen LogP contribution in [0.5, 0.6) is 0 Å². The third-order valence-electron chi connectivity index (χ3n) is 10.2. The number of likely N-dealkylation sites (N-methyl/N-ethyl adjacent to an activating group) is 1. The van der Waals surface area contributed by atoms with Gasteiger partial charge in [-0.3, -0.25) is 24.0 Å². The number of aryl methyl sites for hydroxylation is 1. The van der Waals surface area contributed by atoms with E-state index in [0.29, 0.717) is 32.0 Å². The Morgan fingerprint density at radius 1 is 0.920 bits per heavy atom. The molecule has 0 unspecified atom stereocenters. The number of para-hydroxylation sites is 1. The van der Waals surface area contributed by atoms with Crippen LogP contribution in [0.1, 0.15) is 80.8 Å². The highest BCUT2D eigenvalue weighted by Gasteiger charge is 2.32. The molecule has 2 atom stereocenters. The second kappa shape index (κ2) is 14.2. The van der Waals surface area contributed by atoms with E-state index in [2.05, 4.69) is 33.7 Å². The second-order valence-corrected chi connectivity index (χ2v) is 15.1. The molecule has 0 spiro atoms. The minimum absolute atomic E-state index is 0.0446. The number of carbonyl (C=O) groups excluding carboxylic acids is 2. The zero-order valence-electron chi connectivity index (χ0n) is 28.3. The van der Waals surface area contributed by atoms with Crippen LogP contribution in [0, 0.1) is 6.92 Å². The van der Waals surface area contributed by atoms with Crippen LogP contribution in [0.25, 0.3) is 5.69 Å². The maximum absolute atomic E-state index is 14.1. The van der Waals surface area contributed by atoms with Crippen molar-refractivity contribution in [3.8, 4) is 5.69 Å². The lowest BCUT2D eigenvalue weighted by Crippen LogP contribution is -2.35. The Morgan fingerprint density at radius 2 is 1.64 bits per heavy atom. The van der Waals surface area contributed by atoms with E-state index >= 15 is 0 Å². The molecule has 0 saturated carbocycles. The third kappa shape index (κ3) is 6.44. The van der Waals surface area contributed by atoms with Crippen molar-refractivity contribution in [1.29, 1.82) is 0 Å². The van der Waals surface area contributed by atoms with Crippen molar-refractivity contribution < 1.29 is 9.59 Å². The van der Waals surface area contributed by atoms with Crippen LogP contribution in [-0.4, -0.2) is 39.7 Å². The van der Waals surface area contributed by atoms with Gasteiger partial charge in [0.2, 0.25) is 5.91 Å². The molecule has 2 aliphatic carbocycles. The number of hydrogen-bond donors (Lipinski definition) is 2. The fourth-order valence-corrected chi connectivity index (χ4v) is 9.20. The summed E-state index contributed by atoms with van der Waals surface area (Å²) < 4.78 is 3.29. The van der Waals surface area contributed by atoms with Crippen molar-refractivity contribution in [3.05, 3.63) is 132 Å². The van der Waals surface area contributed by atoms with E-state index in [0.717, 1.165) is 54.5 Å². The fourth-order valence-electron chi connectivity index (χ4n) is 7.59. The van der Waals surface area contributed by atoms with Gasteiger partial charge >= 0.3 is 0 Å². The summed E-state index contributed by atoms with van der Waals surface area (Å²) in [4.78, 5) is 44.6. The smallest absolute Gasteiger partial charge is 0.295 e. The molecule has 2 aliphatic rings. The van der Waals surface area contributed by atoms with E-state index in [1.807, 2.05) is 68.6 Å². The first-order chi connectivity index (χ1) is 24.1. The summed E-state index contributed by atoms with van der Waals surface area (Å²) in [6.45, 7) is 1.97.